The molecule has 0 saturated carbocycles. The van der Waals surface area contributed by atoms with Crippen LogP contribution in [-0.4, -0.2) is 36.1 Å². The van der Waals surface area contributed by atoms with Crippen LogP contribution in [0.4, 0.5) is 26.3 Å². The summed E-state index contributed by atoms with van der Waals surface area (Å²) in [6, 6.07) is 4.57. The number of halogens is 6. The Kier molecular flexibility index (Phi) is 6.47. The molecule has 1 rings (SSSR count). The Labute approximate surface area is 133 Å². The molecule has 0 aliphatic carbocycles. The van der Waals surface area contributed by atoms with E-state index in [1.54, 1.807) is 0 Å². The highest BCUT2D eigenvalue weighted by atomic mass is 19.4. The quantitative estimate of drug-likeness (QED) is 0.768. The number of alkyl halides is 6. The van der Waals surface area contributed by atoms with Crippen LogP contribution in [0.15, 0.2) is 24.3 Å². The number of aliphatic hydroxyl groups excluding tert-OH is 1. The fraction of sp³-hybridized carbons (Fsp3) is 0.500. The molecule has 0 heterocycles. The Bertz CT molecular complexity index is 558. The van der Waals surface area contributed by atoms with Gasteiger partial charge in [-0.3, -0.25) is 4.79 Å². The number of amides is 1. The predicted molar refractivity (Wildman–Crippen MR) is 71.2 cm³/mol. The molecule has 0 saturated heterocycles. The average molecular weight is 359 g/mol. The minimum Gasteiger partial charge on any atom is -0.484 e. The summed E-state index contributed by atoms with van der Waals surface area (Å²) in [5, 5.41) is 11.0. The molecule has 0 aliphatic rings. The van der Waals surface area contributed by atoms with Gasteiger partial charge in [0, 0.05) is 0 Å². The van der Waals surface area contributed by atoms with Crippen LogP contribution in [0.3, 0.4) is 0 Å². The summed E-state index contributed by atoms with van der Waals surface area (Å²) in [5.41, 5.74) is 0.338. The summed E-state index contributed by atoms with van der Waals surface area (Å²) in [5.74, 6) is -1.14. The highest BCUT2D eigenvalue weighted by molar-refractivity contribution is 5.77. The lowest BCUT2D eigenvalue weighted by atomic mass is 10.1. The first-order valence-corrected chi connectivity index (χ1v) is 6.72. The van der Waals surface area contributed by atoms with Crippen LogP contribution in [0.2, 0.25) is 0 Å². The van der Waals surface area contributed by atoms with Gasteiger partial charge in [-0.1, -0.05) is 12.1 Å². The van der Waals surface area contributed by atoms with Crippen LogP contribution in [0.25, 0.3) is 0 Å². The second-order valence-corrected chi connectivity index (χ2v) is 5.03. The van der Waals surface area contributed by atoms with Crippen molar-refractivity contribution in [2.75, 3.05) is 6.61 Å². The maximum atomic E-state index is 12.2. The van der Waals surface area contributed by atoms with Crippen molar-refractivity contribution in [1.29, 1.82) is 0 Å². The zero-order valence-electron chi connectivity index (χ0n) is 12.4. The first-order chi connectivity index (χ1) is 10.9. The largest absolute Gasteiger partial charge is 0.484 e. The predicted octanol–water partition coefficient (Wildman–Crippen LogP) is 3.12. The standard InChI is InChI=1S/C14H15F6NO3/c1-8(21-12(23)6-11(22)14(18,19)20)9-3-2-4-10(5-9)24-7-13(15,16)17/h2-5,8,11,22H,6-7H2,1H3,(H,21,23). The molecule has 10 heteroatoms. The van der Waals surface area contributed by atoms with Gasteiger partial charge in [0.05, 0.1) is 12.5 Å². The molecule has 1 aromatic carbocycles. The molecule has 136 valence electrons. The third-order valence-electron chi connectivity index (χ3n) is 2.89. The molecule has 2 unspecified atom stereocenters. The van der Waals surface area contributed by atoms with Crippen molar-refractivity contribution >= 4 is 5.91 Å². The van der Waals surface area contributed by atoms with Gasteiger partial charge in [0.25, 0.3) is 0 Å². The first-order valence-electron chi connectivity index (χ1n) is 6.72. The SMILES string of the molecule is CC(NC(=O)CC(O)C(F)(F)F)c1cccc(OCC(F)(F)F)c1. The van der Waals surface area contributed by atoms with Gasteiger partial charge >= 0.3 is 12.4 Å². The number of aliphatic hydroxyl groups is 1. The Hall–Kier alpha value is -1.97. The van der Waals surface area contributed by atoms with Gasteiger partial charge in [-0.25, -0.2) is 0 Å². The van der Waals surface area contributed by atoms with Crippen LogP contribution in [-0.2, 0) is 4.79 Å². The van der Waals surface area contributed by atoms with E-state index in [9.17, 15) is 31.1 Å². The monoisotopic (exact) mass is 359 g/mol. The van der Waals surface area contributed by atoms with Crippen LogP contribution < -0.4 is 10.1 Å². The van der Waals surface area contributed by atoms with Crippen molar-refractivity contribution in [1.82, 2.24) is 5.32 Å². The molecule has 2 N–H and O–H groups in total. The molecule has 0 fully saturated rings. The number of carbonyl (C=O) groups excluding carboxylic acids is 1. The number of benzene rings is 1. The number of ether oxygens (including phenoxy) is 1. The second-order valence-electron chi connectivity index (χ2n) is 5.03. The van der Waals surface area contributed by atoms with Crippen LogP contribution >= 0.6 is 0 Å². The van der Waals surface area contributed by atoms with Gasteiger partial charge < -0.3 is 15.2 Å². The molecule has 4 nitrogen and oxygen atoms in total. The van der Waals surface area contributed by atoms with Crippen molar-refractivity contribution in [3.63, 3.8) is 0 Å². The molecule has 0 aromatic heterocycles. The summed E-state index contributed by atoms with van der Waals surface area (Å²) in [6.07, 6.45) is -13.4. The van der Waals surface area contributed by atoms with E-state index >= 15 is 0 Å². The molecule has 0 radical (unpaired) electrons. The van der Waals surface area contributed by atoms with E-state index in [-0.39, 0.29) is 5.75 Å². The molecule has 0 aliphatic heterocycles. The van der Waals surface area contributed by atoms with Gasteiger partial charge in [-0.2, -0.15) is 26.3 Å². The second kappa shape index (κ2) is 7.73. The number of rotatable bonds is 6. The van der Waals surface area contributed by atoms with E-state index < -0.39 is 43.4 Å². The smallest absolute Gasteiger partial charge is 0.422 e. The lowest BCUT2D eigenvalue weighted by Gasteiger charge is -2.18. The van der Waals surface area contributed by atoms with Crippen molar-refractivity contribution in [3.05, 3.63) is 29.8 Å². The van der Waals surface area contributed by atoms with Gasteiger partial charge in [0.2, 0.25) is 5.91 Å². The molecule has 1 amide bonds. The van der Waals surface area contributed by atoms with Gasteiger partial charge in [0.15, 0.2) is 12.7 Å². The lowest BCUT2D eigenvalue weighted by Crippen LogP contribution is -2.36. The van der Waals surface area contributed by atoms with Crippen LogP contribution in [0, 0.1) is 0 Å². The summed E-state index contributed by atoms with van der Waals surface area (Å²) in [7, 11) is 0. The van der Waals surface area contributed by atoms with Crippen molar-refractivity contribution in [2.24, 2.45) is 0 Å². The highest BCUT2D eigenvalue weighted by Crippen LogP contribution is 2.24. The normalized spacial score (nSPS) is 14.8. The third-order valence-corrected chi connectivity index (χ3v) is 2.89. The van der Waals surface area contributed by atoms with Crippen molar-refractivity contribution in [2.45, 2.75) is 37.8 Å². The fourth-order valence-corrected chi connectivity index (χ4v) is 1.71. The van der Waals surface area contributed by atoms with Crippen molar-refractivity contribution in [3.8, 4) is 5.75 Å². The van der Waals surface area contributed by atoms with E-state index in [0.717, 1.165) is 0 Å². The maximum absolute atomic E-state index is 12.2. The Morgan fingerprint density at radius 1 is 1.25 bits per heavy atom. The Morgan fingerprint density at radius 2 is 1.88 bits per heavy atom. The number of carbonyl (C=O) groups is 1. The van der Waals surface area contributed by atoms with Gasteiger partial charge in [-0.05, 0) is 24.6 Å². The van der Waals surface area contributed by atoms with E-state index in [1.807, 2.05) is 0 Å². The number of hydrogen-bond donors (Lipinski definition) is 2. The minimum atomic E-state index is -4.91. The highest BCUT2D eigenvalue weighted by Gasteiger charge is 2.39. The Morgan fingerprint density at radius 3 is 2.42 bits per heavy atom. The number of nitrogens with one attached hydrogen (secondary N) is 1. The molecule has 2 atom stereocenters. The molecular formula is C14H15F6NO3. The summed E-state index contributed by atoms with van der Waals surface area (Å²) in [6.45, 7) is -0.0598. The minimum absolute atomic E-state index is 0.0961. The molecule has 0 spiro atoms. The van der Waals surface area contributed by atoms with Gasteiger partial charge in [0.1, 0.15) is 5.75 Å². The van der Waals surface area contributed by atoms with Gasteiger partial charge in [-0.15, -0.1) is 0 Å². The molecule has 24 heavy (non-hydrogen) atoms. The molecule has 1 aromatic rings. The Balaban J connectivity index is 2.64. The van der Waals surface area contributed by atoms with E-state index in [1.165, 1.54) is 31.2 Å². The summed E-state index contributed by atoms with van der Waals surface area (Å²) >= 11 is 0. The zero-order chi connectivity index (χ0) is 18.5. The van der Waals surface area contributed by atoms with Crippen molar-refractivity contribution < 1.29 is 41.0 Å². The first kappa shape index (κ1) is 20.1. The molecular weight excluding hydrogens is 344 g/mol. The van der Waals surface area contributed by atoms with E-state index in [0.29, 0.717) is 5.56 Å². The lowest BCUT2D eigenvalue weighted by molar-refractivity contribution is -0.206. The third kappa shape index (κ3) is 7.07. The van der Waals surface area contributed by atoms with E-state index in [4.69, 9.17) is 5.11 Å². The number of hydrogen-bond acceptors (Lipinski definition) is 3. The summed E-state index contributed by atoms with van der Waals surface area (Å²) < 4.78 is 77.3. The van der Waals surface area contributed by atoms with E-state index in [2.05, 4.69) is 10.1 Å². The maximum Gasteiger partial charge on any atom is 0.422 e. The fourth-order valence-electron chi connectivity index (χ4n) is 1.71. The van der Waals surface area contributed by atoms with Crippen LogP contribution in [0.5, 0.6) is 5.75 Å². The molecule has 0 bridgehead atoms. The van der Waals surface area contributed by atoms with Crippen LogP contribution in [0.1, 0.15) is 24.9 Å². The summed E-state index contributed by atoms with van der Waals surface area (Å²) in [4.78, 5) is 11.5. The average Bonchev–Trinajstić information content (AvgIpc) is 2.43. The topological polar surface area (TPSA) is 58.6 Å². The zero-order valence-corrected chi connectivity index (χ0v) is 12.4.